The Hall–Kier alpha value is -3.10. The molecular formula is C26H25N3O3S2. The van der Waals surface area contributed by atoms with Gasteiger partial charge in [0, 0.05) is 18.0 Å². The third-order valence-corrected chi connectivity index (χ3v) is 8.06. The first kappa shape index (κ1) is 22.7. The van der Waals surface area contributed by atoms with Gasteiger partial charge in [-0.3, -0.25) is 14.2 Å². The van der Waals surface area contributed by atoms with E-state index in [-0.39, 0.29) is 17.2 Å². The predicted octanol–water partition coefficient (Wildman–Crippen LogP) is 5.34. The molecule has 1 aliphatic carbocycles. The lowest BCUT2D eigenvalue weighted by atomic mass is 9.97. The largest absolute Gasteiger partial charge is 0.455 e. The highest BCUT2D eigenvalue weighted by molar-refractivity contribution is 7.98. The Kier molecular flexibility index (Phi) is 6.69. The number of carbonyl (C=O) groups excluding carboxylic acids is 1. The summed E-state index contributed by atoms with van der Waals surface area (Å²) in [6, 6.07) is 13.2. The van der Waals surface area contributed by atoms with Crippen molar-refractivity contribution >= 4 is 39.2 Å². The minimum absolute atomic E-state index is 0.00669. The number of thiophene rings is 1. The van der Waals surface area contributed by atoms with Gasteiger partial charge in [0.05, 0.1) is 11.1 Å². The Bertz CT molecular complexity index is 1400. The second-order valence-corrected chi connectivity index (χ2v) is 10.2. The van der Waals surface area contributed by atoms with E-state index in [0.29, 0.717) is 29.8 Å². The Morgan fingerprint density at radius 3 is 2.85 bits per heavy atom. The number of nitrogens with zero attached hydrogens (tertiary/aromatic N) is 2. The zero-order valence-electron chi connectivity index (χ0n) is 18.7. The number of thioether (sulfide) groups is 1. The highest BCUT2D eigenvalue weighted by atomic mass is 32.2. The summed E-state index contributed by atoms with van der Waals surface area (Å²) in [4.78, 5) is 32.8. The molecule has 1 N–H and O–H groups in total. The molecule has 0 fully saturated rings. The molecule has 5 rings (SSSR count). The molecule has 1 aliphatic rings. The van der Waals surface area contributed by atoms with Crippen LogP contribution in [0.1, 0.15) is 45.2 Å². The Morgan fingerprint density at radius 1 is 1.21 bits per heavy atom. The quantitative estimate of drug-likeness (QED) is 0.205. The third kappa shape index (κ3) is 4.60. The van der Waals surface area contributed by atoms with Gasteiger partial charge >= 0.3 is 0 Å². The van der Waals surface area contributed by atoms with Crippen molar-refractivity contribution in [3.8, 4) is 0 Å². The van der Waals surface area contributed by atoms with Gasteiger partial charge in [0.25, 0.3) is 11.5 Å². The Labute approximate surface area is 205 Å². The van der Waals surface area contributed by atoms with Crippen molar-refractivity contribution in [1.29, 1.82) is 0 Å². The summed E-state index contributed by atoms with van der Waals surface area (Å²) < 4.78 is 7.47. The van der Waals surface area contributed by atoms with Crippen LogP contribution in [0.15, 0.2) is 69.5 Å². The Morgan fingerprint density at radius 2 is 2.03 bits per heavy atom. The van der Waals surface area contributed by atoms with Crippen LogP contribution in [0.5, 0.6) is 0 Å². The minimum atomic E-state index is -0.257. The average molecular weight is 492 g/mol. The van der Waals surface area contributed by atoms with Crippen molar-refractivity contribution in [3.05, 3.63) is 93.0 Å². The van der Waals surface area contributed by atoms with Crippen LogP contribution in [-0.2, 0) is 31.7 Å². The second-order valence-electron chi connectivity index (χ2n) is 8.21. The van der Waals surface area contributed by atoms with Crippen LogP contribution in [0.25, 0.3) is 10.2 Å². The standard InChI is InChI=1S/C26H25N3O3S2/c1-2-14-29-25(31)22-19-10-6-7-11-21(19)34-24(22)28-26(29)33-16-18-12-13-20(32-18)23(30)27-15-17-8-4-3-5-9-17/h2-5,8-9,12-13H,1,6-7,10-11,14-16H2,(H,27,30). The van der Waals surface area contributed by atoms with Gasteiger partial charge in [-0.05, 0) is 48.9 Å². The number of aryl methyl sites for hydroxylation is 2. The SMILES string of the molecule is C=CCn1c(SCc2ccc(C(=O)NCc3ccccc3)o2)nc2sc3c(c2c1=O)CCCC3. The summed E-state index contributed by atoms with van der Waals surface area (Å²) in [6.45, 7) is 4.66. The Balaban J connectivity index is 1.32. The molecule has 8 heteroatoms. The molecule has 0 saturated heterocycles. The predicted molar refractivity (Wildman–Crippen MR) is 137 cm³/mol. The van der Waals surface area contributed by atoms with Crippen molar-refractivity contribution < 1.29 is 9.21 Å². The number of hydrogen-bond donors (Lipinski definition) is 1. The molecule has 0 radical (unpaired) electrons. The molecular weight excluding hydrogens is 466 g/mol. The van der Waals surface area contributed by atoms with Gasteiger partial charge in [-0.25, -0.2) is 4.98 Å². The van der Waals surface area contributed by atoms with E-state index in [9.17, 15) is 9.59 Å². The van der Waals surface area contributed by atoms with E-state index >= 15 is 0 Å². The first-order valence-corrected chi connectivity index (χ1v) is 13.1. The summed E-state index contributed by atoms with van der Waals surface area (Å²) in [5.41, 5.74) is 2.22. The fraction of sp³-hybridized carbons (Fsp3) is 0.269. The maximum atomic E-state index is 13.4. The van der Waals surface area contributed by atoms with E-state index in [4.69, 9.17) is 9.40 Å². The highest BCUT2D eigenvalue weighted by Gasteiger charge is 2.22. The van der Waals surface area contributed by atoms with Crippen LogP contribution in [0, 0.1) is 0 Å². The summed E-state index contributed by atoms with van der Waals surface area (Å²) in [5, 5.41) is 4.29. The first-order chi connectivity index (χ1) is 16.6. The van der Waals surface area contributed by atoms with Crippen LogP contribution in [0.3, 0.4) is 0 Å². The lowest BCUT2D eigenvalue weighted by Crippen LogP contribution is -2.23. The van der Waals surface area contributed by atoms with Crippen LogP contribution in [0.4, 0.5) is 0 Å². The fourth-order valence-electron chi connectivity index (χ4n) is 4.20. The van der Waals surface area contributed by atoms with E-state index in [2.05, 4.69) is 11.9 Å². The minimum Gasteiger partial charge on any atom is -0.455 e. The van der Waals surface area contributed by atoms with Gasteiger partial charge in [-0.2, -0.15) is 0 Å². The second kappa shape index (κ2) is 10.0. The van der Waals surface area contributed by atoms with Gasteiger partial charge in [-0.15, -0.1) is 17.9 Å². The van der Waals surface area contributed by atoms with Gasteiger partial charge < -0.3 is 9.73 Å². The number of hydrogen-bond acceptors (Lipinski definition) is 6. The molecule has 1 amide bonds. The average Bonchev–Trinajstić information content (AvgIpc) is 3.48. The van der Waals surface area contributed by atoms with Crippen LogP contribution in [0.2, 0.25) is 0 Å². The van der Waals surface area contributed by atoms with E-state index in [1.165, 1.54) is 28.6 Å². The number of furan rings is 1. The molecule has 4 aromatic rings. The van der Waals surface area contributed by atoms with Gasteiger partial charge in [0.2, 0.25) is 0 Å². The van der Waals surface area contributed by atoms with Crippen molar-refractivity contribution in [3.63, 3.8) is 0 Å². The highest BCUT2D eigenvalue weighted by Crippen LogP contribution is 2.35. The summed E-state index contributed by atoms with van der Waals surface area (Å²) in [6.07, 6.45) is 5.99. The molecule has 0 unspecified atom stereocenters. The number of rotatable bonds is 8. The zero-order valence-corrected chi connectivity index (χ0v) is 20.3. The van der Waals surface area contributed by atoms with Crippen molar-refractivity contribution in [1.82, 2.24) is 14.9 Å². The van der Waals surface area contributed by atoms with Crippen molar-refractivity contribution in [2.45, 2.75) is 49.7 Å². The normalized spacial score (nSPS) is 13.1. The van der Waals surface area contributed by atoms with Gasteiger partial charge in [0.15, 0.2) is 10.9 Å². The van der Waals surface area contributed by atoms with E-state index in [0.717, 1.165) is 35.0 Å². The van der Waals surface area contributed by atoms with E-state index in [1.54, 1.807) is 34.1 Å². The number of carbonyl (C=O) groups is 1. The van der Waals surface area contributed by atoms with Gasteiger partial charge in [0.1, 0.15) is 10.6 Å². The maximum Gasteiger partial charge on any atom is 0.287 e. The third-order valence-electron chi connectivity index (χ3n) is 5.88. The smallest absolute Gasteiger partial charge is 0.287 e. The number of amides is 1. The lowest BCUT2D eigenvalue weighted by molar-refractivity contribution is 0.0921. The van der Waals surface area contributed by atoms with Gasteiger partial charge in [-0.1, -0.05) is 48.2 Å². The molecule has 174 valence electrons. The molecule has 6 nitrogen and oxygen atoms in total. The van der Waals surface area contributed by atoms with Crippen molar-refractivity contribution in [2.75, 3.05) is 0 Å². The zero-order chi connectivity index (χ0) is 23.5. The maximum absolute atomic E-state index is 13.4. The molecule has 0 aliphatic heterocycles. The van der Waals surface area contributed by atoms with Crippen LogP contribution < -0.4 is 10.9 Å². The van der Waals surface area contributed by atoms with Crippen LogP contribution in [-0.4, -0.2) is 15.5 Å². The molecule has 34 heavy (non-hydrogen) atoms. The molecule has 0 bridgehead atoms. The summed E-state index contributed by atoms with van der Waals surface area (Å²) in [5.74, 6) is 1.13. The van der Waals surface area contributed by atoms with Crippen molar-refractivity contribution in [2.24, 2.45) is 0 Å². The summed E-state index contributed by atoms with van der Waals surface area (Å²) >= 11 is 3.08. The molecule has 3 aromatic heterocycles. The first-order valence-electron chi connectivity index (χ1n) is 11.3. The van der Waals surface area contributed by atoms with E-state index in [1.807, 2.05) is 30.3 Å². The van der Waals surface area contributed by atoms with Crippen LogP contribution >= 0.6 is 23.1 Å². The number of aromatic nitrogens is 2. The number of fused-ring (bicyclic) bond motifs is 3. The molecule has 1 aromatic carbocycles. The fourth-order valence-corrected chi connectivity index (χ4v) is 6.40. The lowest BCUT2D eigenvalue weighted by Gasteiger charge is -2.12. The summed E-state index contributed by atoms with van der Waals surface area (Å²) in [7, 11) is 0. The monoisotopic (exact) mass is 491 g/mol. The molecule has 0 atom stereocenters. The number of allylic oxidation sites excluding steroid dienone is 1. The molecule has 0 saturated carbocycles. The number of benzene rings is 1. The number of nitrogens with one attached hydrogen (secondary N) is 1. The molecule has 0 spiro atoms. The van der Waals surface area contributed by atoms with E-state index < -0.39 is 0 Å². The topological polar surface area (TPSA) is 77.1 Å². The molecule has 3 heterocycles.